The summed E-state index contributed by atoms with van der Waals surface area (Å²) >= 11 is 4.64. The molecule has 1 unspecified atom stereocenters. The summed E-state index contributed by atoms with van der Waals surface area (Å²) in [5.74, 6) is -1.84. The van der Waals surface area contributed by atoms with Crippen LogP contribution in [0.4, 0.5) is 5.13 Å². The van der Waals surface area contributed by atoms with Crippen molar-refractivity contribution in [3.8, 4) is 0 Å². The fourth-order valence-electron chi connectivity index (χ4n) is 3.64. The van der Waals surface area contributed by atoms with Gasteiger partial charge in [-0.1, -0.05) is 57.6 Å². The van der Waals surface area contributed by atoms with Gasteiger partial charge in [0, 0.05) is 9.86 Å². The minimum Gasteiger partial charge on any atom is -0.503 e. The SMILES string of the molecule is Cc1nnc(N2C(=O)C(O)=C(C(=O)c3cc4ccccc4o3)C2c2cccc(Br)c2)s1. The highest BCUT2D eigenvalue weighted by molar-refractivity contribution is 9.10. The van der Waals surface area contributed by atoms with Crippen molar-refractivity contribution in [2.45, 2.75) is 13.0 Å². The van der Waals surface area contributed by atoms with Gasteiger partial charge >= 0.3 is 0 Å². The van der Waals surface area contributed by atoms with Crippen LogP contribution in [0.15, 0.2) is 74.8 Å². The van der Waals surface area contributed by atoms with E-state index in [0.29, 0.717) is 21.3 Å². The highest BCUT2D eigenvalue weighted by Gasteiger charge is 2.46. The van der Waals surface area contributed by atoms with Crippen LogP contribution >= 0.6 is 27.3 Å². The number of nitrogens with zero attached hydrogens (tertiary/aromatic N) is 3. The Hall–Kier alpha value is -3.30. The average molecular weight is 496 g/mol. The van der Waals surface area contributed by atoms with Gasteiger partial charge in [0.2, 0.25) is 10.9 Å². The molecule has 0 fully saturated rings. The molecule has 1 atom stereocenters. The van der Waals surface area contributed by atoms with Gasteiger partial charge in [-0.25, -0.2) is 0 Å². The Balaban J connectivity index is 1.67. The van der Waals surface area contributed by atoms with Crippen LogP contribution in [0.1, 0.15) is 27.2 Å². The average Bonchev–Trinajstić information content (AvgIpc) is 3.44. The molecule has 1 amide bonds. The maximum absolute atomic E-state index is 13.5. The molecule has 0 aliphatic carbocycles. The Morgan fingerprint density at radius 1 is 1.16 bits per heavy atom. The van der Waals surface area contributed by atoms with Gasteiger partial charge in [-0.2, -0.15) is 0 Å². The van der Waals surface area contributed by atoms with Crippen molar-refractivity contribution in [2.24, 2.45) is 0 Å². The van der Waals surface area contributed by atoms with Gasteiger partial charge in [0.25, 0.3) is 5.91 Å². The number of Topliss-reactive ketones (excluding diaryl/α,β-unsaturated/α-hetero) is 1. The maximum atomic E-state index is 13.5. The molecule has 1 aliphatic heterocycles. The number of para-hydroxylation sites is 1. The largest absolute Gasteiger partial charge is 0.503 e. The van der Waals surface area contributed by atoms with Gasteiger partial charge in [0.15, 0.2) is 11.5 Å². The first-order valence-corrected chi connectivity index (χ1v) is 10.9. The first-order valence-electron chi connectivity index (χ1n) is 9.29. The first kappa shape index (κ1) is 19.7. The van der Waals surface area contributed by atoms with Gasteiger partial charge in [0.1, 0.15) is 10.6 Å². The quantitative estimate of drug-likeness (QED) is 0.393. The lowest BCUT2D eigenvalue weighted by atomic mass is 9.95. The zero-order chi connectivity index (χ0) is 21.7. The standard InChI is InChI=1S/C22H14BrN3O4S/c1-11-24-25-22(31-11)26-18(13-6-4-7-14(23)9-13)17(20(28)21(26)29)19(27)16-10-12-5-2-3-8-15(12)30-16/h2-10,18,28H,1H3. The van der Waals surface area contributed by atoms with E-state index in [1.807, 2.05) is 18.2 Å². The predicted molar refractivity (Wildman–Crippen MR) is 119 cm³/mol. The second-order valence-electron chi connectivity index (χ2n) is 6.98. The van der Waals surface area contributed by atoms with Crippen LogP contribution in [0.5, 0.6) is 0 Å². The normalized spacial score (nSPS) is 16.5. The molecule has 0 spiro atoms. The molecule has 5 rings (SSSR count). The number of benzene rings is 2. The van der Waals surface area contributed by atoms with Gasteiger partial charge in [-0.05, 0) is 36.8 Å². The third-order valence-electron chi connectivity index (χ3n) is 4.99. The van der Waals surface area contributed by atoms with Gasteiger partial charge in [0.05, 0.1) is 11.6 Å². The minimum absolute atomic E-state index is 0.0471. The molecule has 0 saturated carbocycles. The lowest BCUT2D eigenvalue weighted by Crippen LogP contribution is -2.31. The molecule has 31 heavy (non-hydrogen) atoms. The molecular formula is C22H14BrN3O4S. The summed E-state index contributed by atoms with van der Waals surface area (Å²) in [5.41, 5.74) is 1.12. The fourth-order valence-corrected chi connectivity index (χ4v) is 4.77. The molecule has 1 N–H and O–H groups in total. The number of ketones is 1. The Kier molecular flexibility index (Phi) is 4.71. The number of hydrogen-bond acceptors (Lipinski definition) is 7. The van der Waals surface area contributed by atoms with Crippen LogP contribution in [0.2, 0.25) is 0 Å². The second-order valence-corrected chi connectivity index (χ2v) is 9.05. The third-order valence-corrected chi connectivity index (χ3v) is 6.32. The molecule has 0 saturated heterocycles. The number of aryl methyl sites for hydroxylation is 1. The maximum Gasteiger partial charge on any atom is 0.296 e. The van der Waals surface area contributed by atoms with Gasteiger partial charge in [-0.3, -0.25) is 14.5 Å². The molecule has 9 heteroatoms. The van der Waals surface area contributed by atoms with Crippen molar-refractivity contribution in [1.29, 1.82) is 0 Å². The molecule has 2 aromatic carbocycles. The number of aliphatic hydroxyl groups is 1. The highest BCUT2D eigenvalue weighted by atomic mass is 79.9. The Labute approximate surface area is 188 Å². The number of furan rings is 1. The molecule has 3 heterocycles. The lowest BCUT2D eigenvalue weighted by Gasteiger charge is -2.24. The van der Waals surface area contributed by atoms with Crippen LogP contribution in [-0.2, 0) is 4.79 Å². The van der Waals surface area contributed by atoms with E-state index in [1.54, 1.807) is 43.3 Å². The monoisotopic (exact) mass is 495 g/mol. The molecule has 0 radical (unpaired) electrons. The Morgan fingerprint density at radius 3 is 2.68 bits per heavy atom. The van der Waals surface area contributed by atoms with Crippen LogP contribution in [0.25, 0.3) is 11.0 Å². The van der Waals surface area contributed by atoms with Crippen LogP contribution in [0, 0.1) is 6.92 Å². The lowest BCUT2D eigenvalue weighted by molar-refractivity contribution is -0.117. The Bertz CT molecular complexity index is 1360. The van der Waals surface area contributed by atoms with E-state index in [9.17, 15) is 14.7 Å². The van der Waals surface area contributed by atoms with E-state index in [4.69, 9.17) is 4.42 Å². The highest BCUT2D eigenvalue weighted by Crippen LogP contribution is 2.43. The number of anilines is 1. The van der Waals surface area contributed by atoms with E-state index < -0.39 is 23.5 Å². The van der Waals surface area contributed by atoms with Crippen LogP contribution < -0.4 is 4.90 Å². The van der Waals surface area contributed by atoms with Crippen molar-refractivity contribution < 1.29 is 19.1 Å². The summed E-state index contributed by atoms with van der Waals surface area (Å²) in [5, 5.41) is 20.5. The number of hydrogen-bond donors (Lipinski definition) is 1. The van der Waals surface area contributed by atoms with Gasteiger partial charge in [-0.15, -0.1) is 10.2 Å². The molecule has 4 aromatic rings. The molecule has 1 aliphatic rings. The fraction of sp³-hybridized carbons (Fsp3) is 0.0909. The van der Waals surface area contributed by atoms with Crippen molar-refractivity contribution in [2.75, 3.05) is 4.90 Å². The molecule has 2 aromatic heterocycles. The molecule has 7 nitrogen and oxygen atoms in total. The van der Waals surface area contributed by atoms with E-state index in [1.165, 1.54) is 16.2 Å². The summed E-state index contributed by atoms with van der Waals surface area (Å²) in [6, 6.07) is 15.2. The molecular weight excluding hydrogens is 482 g/mol. The van der Waals surface area contributed by atoms with E-state index >= 15 is 0 Å². The summed E-state index contributed by atoms with van der Waals surface area (Å²) in [4.78, 5) is 27.9. The number of amides is 1. The molecule has 154 valence electrons. The number of fused-ring (bicyclic) bond motifs is 1. The zero-order valence-corrected chi connectivity index (χ0v) is 18.5. The van der Waals surface area contributed by atoms with Gasteiger partial charge < -0.3 is 9.52 Å². The predicted octanol–water partition coefficient (Wildman–Crippen LogP) is 5.14. The van der Waals surface area contributed by atoms with Crippen LogP contribution in [-0.4, -0.2) is 27.0 Å². The smallest absolute Gasteiger partial charge is 0.296 e. The zero-order valence-electron chi connectivity index (χ0n) is 16.1. The number of carbonyl (C=O) groups excluding carboxylic acids is 2. The number of aromatic nitrogens is 2. The van der Waals surface area contributed by atoms with Crippen molar-refractivity contribution in [3.63, 3.8) is 0 Å². The number of rotatable bonds is 4. The van der Waals surface area contributed by atoms with Crippen LogP contribution in [0.3, 0.4) is 0 Å². The number of carbonyl (C=O) groups is 2. The number of aliphatic hydroxyl groups excluding tert-OH is 1. The van der Waals surface area contributed by atoms with Crippen molar-refractivity contribution >= 4 is 55.1 Å². The number of halogens is 1. The van der Waals surface area contributed by atoms with E-state index in [2.05, 4.69) is 26.1 Å². The first-order chi connectivity index (χ1) is 14.9. The van der Waals surface area contributed by atoms with Crippen molar-refractivity contribution in [1.82, 2.24) is 10.2 Å². The summed E-state index contributed by atoms with van der Waals surface area (Å²) in [7, 11) is 0. The molecule has 0 bridgehead atoms. The van der Waals surface area contributed by atoms with Crippen molar-refractivity contribution in [3.05, 3.63) is 86.7 Å². The summed E-state index contributed by atoms with van der Waals surface area (Å²) in [6.07, 6.45) is 0. The summed E-state index contributed by atoms with van der Waals surface area (Å²) in [6.45, 7) is 1.77. The van der Waals surface area contributed by atoms with E-state index in [0.717, 1.165) is 9.86 Å². The second kappa shape index (κ2) is 7.44. The van der Waals surface area contributed by atoms with E-state index in [-0.39, 0.29) is 11.3 Å². The third kappa shape index (κ3) is 3.26. The minimum atomic E-state index is -0.877. The topological polar surface area (TPSA) is 96.5 Å². The summed E-state index contributed by atoms with van der Waals surface area (Å²) < 4.78 is 6.49. The Morgan fingerprint density at radius 2 is 1.97 bits per heavy atom.